The lowest BCUT2D eigenvalue weighted by molar-refractivity contribution is -0.149. The predicted octanol–water partition coefficient (Wildman–Crippen LogP) is 2.35. The van der Waals surface area contributed by atoms with Gasteiger partial charge in [0.1, 0.15) is 6.04 Å². The van der Waals surface area contributed by atoms with Gasteiger partial charge in [0.15, 0.2) is 0 Å². The molecule has 0 aromatic rings. The maximum atomic E-state index is 11.7. The SMILES string of the molecule is CCOC(=O)C(C)N1CCN(CCCCCCCl)CC1. The van der Waals surface area contributed by atoms with E-state index < -0.39 is 0 Å². The van der Waals surface area contributed by atoms with Crippen LogP contribution in [0.3, 0.4) is 0 Å². The maximum Gasteiger partial charge on any atom is 0.323 e. The molecule has 20 heavy (non-hydrogen) atoms. The highest BCUT2D eigenvalue weighted by molar-refractivity contribution is 6.17. The molecule has 1 saturated heterocycles. The number of carbonyl (C=O) groups is 1. The van der Waals surface area contributed by atoms with Crippen molar-refractivity contribution in [2.24, 2.45) is 0 Å². The Bertz CT molecular complexity index is 269. The van der Waals surface area contributed by atoms with E-state index in [-0.39, 0.29) is 12.0 Å². The monoisotopic (exact) mass is 304 g/mol. The molecule has 1 aliphatic rings. The number of piperazine rings is 1. The minimum absolute atomic E-state index is 0.0953. The molecule has 0 radical (unpaired) electrons. The second-order valence-electron chi connectivity index (χ2n) is 5.41. The molecule has 0 saturated carbocycles. The Morgan fingerprint density at radius 3 is 2.40 bits per heavy atom. The molecule has 0 aromatic heterocycles. The lowest BCUT2D eigenvalue weighted by Crippen LogP contribution is -2.52. The van der Waals surface area contributed by atoms with Crippen LogP contribution in [0.2, 0.25) is 0 Å². The van der Waals surface area contributed by atoms with Gasteiger partial charge in [-0.3, -0.25) is 9.69 Å². The van der Waals surface area contributed by atoms with Gasteiger partial charge in [0.05, 0.1) is 6.61 Å². The maximum absolute atomic E-state index is 11.7. The van der Waals surface area contributed by atoms with Crippen molar-refractivity contribution in [2.75, 3.05) is 45.2 Å². The summed E-state index contributed by atoms with van der Waals surface area (Å²) in [5.74, 6) is 0.687. The fourth-order valence-corrected chi connectivity index (χ4v) is 2.76. The zero-order valence-corrected chi connectivity index (χ0v) is 13.7. The van der Waals surface area contributed by atoms with Crippen molar-refractivity contribution >= 4 is 17.6 Å². The normalized spacial score (nSPS) is 18.9. The first-order chi connectivity index (χ1) is 9.69. The van der Waals surface area contributed by atoms with Crippen LogP contribution in [0.5, 0.6) is 0 Å². The number of hydrogen-bond donors (Lipinski definition) is 0. The number of rotatable bonds is 9. The molecule has 118 valence electrons. The molecule has 5 heteroatoms. The van der Waals surface area contributed by atoms with E-state index >= 15 is 0 Å². The van der Waals surface area contributed by atoms with Crippen molar-refractivity contribution in [3.63, 3.8) is 0 Å². The quantitative estimate of drug-likeness (QED) is 0.372. The Morgan fingerprint density at radius 2 is 1.80 bits per heavy atom. The molecule has 1 fully saturated rings. The van der Waals surface area contributed by atoms with E-state index in [1.54, 1.807) is 0 Å². The van der Waals surface area contributed by atoms with Crippen molar-refractivity contribution in [1.29, 1.82) is 0 Å². The molecular formula is C15H29ClN2O2. The summed E-state index contributed by atoms with van der Waals surface area (Å²) < 4.78 is 5.08. The summed E-state index contributed by atoms with van der Waals surface area (Å²) in [6.07, 6.45) is 4.90. The smallest absolute Gasteiger partial charge is 0.323 e. The highest BCUT2D eigenvalue weighted by Gasteiger charge is 2.25. The fourth-order valence-electron chi connectivity index (χ4n) is 2.57. The second-order valence-corrected chi connectivity index (χ2v) is 5.79. The van der Waals surface area contributed by atoms with Gasteiger partial charge in [-0.1, -0.05) is 12.8 Å². The Kier molecular flexibility index (Phi) is 9.23. The molecule has 0 spiro atoms. The van der Waals surface area contributed by atoms with Crippen LogP contribution < -0.4 is 0 Å². The van der Waals surface area contributed by atoms with Crippen molar-refractivity contribution < 1.29 is 9.53 Å². The summed E-state index contributed by atoms with van der Waals surface area (Å²) in [4.78, 5) is 16.4. The Hall–Kier alpha value is -0.320. The molecule has 0 aromatic carbocycles. The summed E-state index contributed by atoms with van der Waals surface area (Å²) in [5.41, 5.74) is 0. The summed E-state index contributed by atoms with van der Waals surface area (Å²) in [5, 5.41) is 0. The predicted molar refractivity (Wildman–Crippen MR) is 83.3 cm³/mol. The van der Waals surface area contributed by atoms with Gasteiger partial charge in [-0.15, -0.1) is 11.6 Å². The van der Waals surface area contributed by atoms with Crippen molar-refractivity contribution in [1.82, 2.24) is 9.80 Å². The van der Waals surface area contributed by atoms with Crippen molar-refractivity contribution in [3.05, 3.63) is 0 Å². The number of halogens is 1. The molecule has 1 heterocycles. The molecule has 1 rings (SSSR count). The number of carbonyl (C=O) groups excluding carboxylic acids is 1. The summed E-state index contributed by atoms with van der Waals surface area (Å²) >= 11 is 5.67. The van der Waals surface area contributed by atoms with E-state index in [0.717, 1.165) is 38.5 Å². The van der Waals surface area contributed by atoms with Crippen LogP contribution >= 0.6 is 11.6 Å². The number of nitrogens with zero attached hydrogens (tertiary/aromatic N) is 2. The van der Waals surface area contributed by atoms with E-state index in [1.807, 2.05) is 13.8 Å². The number of alkyl halides is 1. The first-order valence-corrected chi connectivity index (χ1v) is 8.41. The van der Waals surface area contributed by atoms with E-state index in [1.165, 1.54) is 25.8 Å². The van der Waals surface area contributed by atoms with Gasteiger partial charge in [-0.05, 0) is 33.2 Å². The molecule has 1 unspecified atom stereocenters. The number of esters is 1. The lowest BCUT2D eigenvalue weighted by Gasteiger charge is -2.37. The highest BCUT2D eigenvalue weighted by atomic mass is 35.5. The van der Waals surface area contributed by atoms with Crippen LogP contribution in [-0.2, 0) is 9.53 Å². The van der Waals surface area contributed by atoms with Gasteiger partial charge in [0.2, 0.25) is 0 Å². The average molecular weight is 305 g/mol. The zero-order valence-electron chi connectivity index (χ0n) is 12.9. The minimum atomic E-state index is -0.110. The second kappa shape index (κ2) is 10.4. The third-order valence-corrected chi connectivity index (χ3v) is 4.21. The average Bonchev–Trinajstić information content (AvgIpc) is 2.47. The largest absolute Gasteiger partial charge is 0.465 e. The zero-order chi connectivity index (χ0) is 14.8. The number of ether oxygens (including phenoxy) is 1. The van der Waals surface area contributed by atoms with Gasteiger partial charge in [0.25, 0.3) is 0 Å². The van der Waals surface area contributed by atoms with E-state index in [9.17, 15) is 4.79 Å². The number of hydrogen-bond acceptors (Lipinski definition) is 4. The van der Waals surface area contributed by atoms with Crippen LogP contribution in [0.1, 0.15) is 39.5 Å². The third kappa shape index (κ3) is 6.42. The summed E-state index contributed by atoms with van der Waals surface area (Å²) in [7, 11) is 0. The van der Waals surface area contributed by atoms with Crippen molar-refractivity contribution in [2.45, 2.75) is 45.6 Å². The van der Waals surface area contributed by atoms with Crippen LogP contribution in [0.15, 0.2) is 0 Å². The first-order valence-electron chi connectivity index (χ1n) is 7.88. The topological polar surface area (TPSA) is 32.8 Å². The van der Waals surface area contributed by atoms with E-state index in [0.29, 0.717) is 6.61 Å². The molecular weight excluding hydrogens is 276 g/mol. The Morgan fingerprint density at radius 1 is 1.15 bits per heavy atom. The fraction of sp³-hybridized carbons (Fsp3) is 0.933. The minimum Gasteiger partial charge on any atom is -0.465 e. The van der Waals surface area contributed by atoms with Crippen LogP contribution in [0.4, 0.5) is 0 Å². The van der Waals surface area contributed by atoms with Crippen LogP contribution in [-0.4, -0.2) is 67.0 Å². The third-order valence-electron chi connectivity index (χ3n) is 3.94. The van der Waals surface area contributed by atoms with Crippen LogP contribution in [0.25, 0.3) is 0 Å². The van der Waals surface area contributed by atoms with Crippen LogP contribution in [0, 0.1) is 0 Å². The standard InChI is InChI=1S/C15H29ClN2O2/c1-3-20-15(19)14(2)18-12-10-17(11-13-18)9-7-5-4-6-8-16/h14H,3-13H2,1-2H3. The van der Waals surface area contributed by atoms with Gasteiger partial charge in [-0.2, -0.15) is 0 Å². The van der Waals surface area contributed by atoms with E-state index in [2.05, 4.69) is 9.80 Å². The Labute approximate surface area is 128 Å². The van der Waals surface area contributed by atoms with E-state index in [4.69, 9.17) is 16.3 Å². The highest BCUT2D eigenvalue weighted by Crippen LogP contribution is 2.09. The lowest BCUT2D eigenvalue weighted by atomic mass is 10.2. The molecule has 0 amide bonds. The van der Waals surface area contributed by atoms with Crippen molar-refractivity contribution in [3.8, 4) is 0 Å². The molecule has 1 atom stereocenters. The van der Waals surface area contributed by atoms with Gasteiger partial charge >= 0.3 is 5.97 Å². The van der Waals surface area contributed by atoms with Gasteiger partial charge < -0.3 is 9.64 Å². The molecule has 0 bridgehead atoms. The van der Waals surface area contributed by atoms with Gasteiger partial charge in [-0.25, -0.2) is 0 Å². The molecule has 0 aliphatic carbocycles. The summed E-state index contributed by atoms with van der Waals surface area (Å²) in [6.45, 7) is 9.46. The van der Waals surface area contributed by atoms with Gasteiger partial charge in [0, 0.05) is 32.1 Å². The number of unbranched alkanes of at least 4 members (excludes halogenated alkanes) is 3. The first kappa shape index (κ1) is 17.7. The molecule has 4 nitrogen and oxygen atoms in total. The Balaban J connectivity index is 2.14. The molecule has 0 N–H and O–H groups in total. The summed E-state index contributed by atoms with van der Waals surface area (Å²) in [6, 6.07) is -0.110. The molecule has 1 aliphatic heterocycles.